The summed E-state index contributed by atoms with van der Waals surface area (Å²) in [6.45, 7) is 11.5. The number of ether oxygens (including phenoxy) is 4. The maximum absolute atomic E-state index is 12.1. The van der Waals surface area contributed by atoms with E-state index in [2.05, 4.69) is 29.7 Å². The Morgan fingerprint density at radius 1 is 0.691 bits per heavy atom. The monoisotopic (exact) mass is 886 g/mol. The topological polar surface area (TPSA) is 128 Å². The highest BCUT2D eigenvalue weighted by Gasteiger charge is 2.32. The maximum Gasteiger partial charge on any atom is 0.422 e. The van der Waals surface area contributed by atoms with Gasteiger partial charge in [0.2, 0.25) is 0 Å². The van der Waals surface area contributed by atoms with E-state index in [1.54, 1.807) is 25.7 Å². The van der Waals surface area contributed by atoms with Crippen LogP contribution < -0.4 is 14.8 Å². The standard InChI is InChI=1S/C13H17F3N2O3S.C11H15ClN2O2S.C8H9F3N2OS.ClH/c1-12(2,3)21-11(19)18-5-4-9-8(6-18)17-10(22-9)20-7-13(14,15)16;1-11(2,3)16-10(15)14-5-4-8-7(6-14)13-9(12)17-8;9-8(10,11)4-14-7-13-5-3-12-2-1-6(5)15-7;/h4-7H2,1-3H3;4-6H2,1-3H3;12H,1-4H2;1H. The van der Waals surface area contributed by atoms with E-state index in [1.165, 1.54) is 32.5 Å². The molecule has 2 amide bonds. The van der Waals surface area contributed by atoms with E-state index in [-0.39, 0.29) is 35.4 Å². The number of carbonyl (C=O) groups is 2. The van der Waals surface area contributed by atoms with Gasteiger partial charge in [-0.1, -0.05) is 34.3 Å². The first-order valence-electron chi connectivity index (χ1n) is 16.6. The molecular weight excluding hydrogens is 845 g/mol. The summed E-state index contributed by atoms with van der Waals surface area (Å²) in [4.78, 5) is 42.3. The Balaban J connectivity index is 0.000000224. The predicted octanol–water partition coefficient (Wildman–Crippen LogP) is 8.62. The third-order valence-electron chi connectivity index (χ3n) is 7.01. The summed E-state index contributed by atoms with van der Waals surface area (Å²) in [5.74, 6) is 0. The lowest BCUT2D eigenvalue weighted by Gasteiger charge is -2.29. The average molecular weight is 888 g/mol. The highest BCUT2D eigenvalue weighted by Crippen LogP contribution is 2.32. The summed E-state index contributed by atoms with van der Waals surface area (Å²) >= 11 is 9.64. The third-order valence-corrected chi connectivity index (χ3v) is 10.4. The second-order valence-corrected chi connectivity index (χ2v) is 17.8. The second kappa shape index (κ2) is 19.1. The fourth-order valence-electron chi connectivity index (χ4n) is 4.82. The Morgan fingerprint density at radius 2 is 1.11 bits per heavy atom. The molecule has 310 valence electrons. The van der Waals surface area contributed by atoms with Gasteiger partial charge in [-0.25, -0.2) is 24.5 Å². The van der Waals surface area contributed by atoms with Crippen molar-refractivity contribution in [3.63, 3.8) is 0 Å². The smallest absolute Gasteiger partial charge is 0.422 e. The Hall–Kier alpha value is -2.85. The van der Waals surface area contributed by atoms with Crippen molar-refractivity contribution in [2.24, 2.45) is 0 Å². The van der Waals surface area contributed by atoms with E-state index < -0.39 is 42.9 Å². The van der Waals surface area contributed by atoms with Gasteiger partial charge in [-0.15, -0.1) is 23.7 Å². The van der Waals surface area contributed by atoms with Gasteiger partial charge in [0.05, 0.1) is 30.2 Å². The first kappa shape index (κ1) is 46.5. The van der Waals surface area contributed by atoms with Crippen LogP contribution in [-0.2, 0) is 48.4 Å². The molecule has 12 nitrogen and oxygen atoms in total. The van der Waals surface area contributed by atoms with Gasteiger partial charge in [0.25, 0.3) is 10.4 Å². The minimum Gasteiger partial charge on any atom is -0.460 e. The molecule has 0 bridgehead atoms. The van der Waals surface area contributed by atoms with Gasteiger partial charge in [0.15, 0.2) is 17.7 Å². The normalized spacial score (nSPS) is 15.4. The Kier molecular flexibility index (Phi) is 16.1. The summed E-state index contributed by atoms with van der Waals surface area (Å²) < 4.78 is 92.4. The minimum atomic E-state index is -4.39. The van der Waals surface area contributed by atoms with Crippen LogP contribution in [0.3, 0.4) is 0 Å². The van der Waals surface area contributed by atoms with Gasteiger partial charge < -0.3 is 34.1 Å². The summed E-state index contributed by atoms with van der Waals surface area (Å²) in [6, 6.07) is 0. The molecular formula is C32H42Cl2F6N6O6S3. The highest BCUT2D eigenvalue weighted by molar-refractivity contribution is 7.15. The molecule has 1 N–H and O–H groups in total. The highest BCUT2D eigenvalue weighted by atomic mass is 35.5. The number of hydrogen-bond donors (Lipinski definition) is 1. The predicted molar refractivity (Wildman–Crippen MR) is 198 cm³/mol. The van der Waals surface area contributed by atoms with Gasteiger partial charge >= 0.3 is 24.5 Å². The van der Waals surface area contributed by atoms with Crippen molar-refractivity contribution >= 4 is 70.2 Å². The molecule has 0 saturated heterocycles. The first-order valence-corrected chi connectivity index (χ1v) is 19.4. The van der Waals surface area contributed by atoms with Crippen molar-refractivity contribution in [1.29, 1.82) is 0 Å². The number of carbonyl (C=O) groups excluding carboxylic acids is 2. The van der Waals surface area contributed by atoms with Gasteiger partial charge in [-0.2, -0.15) is 26.3 Å². The van der Waals surface area contributed by atoms with E-state index in [0.29, 0.717) is 42.8 Å². The Labute approximate surface area is 337 Å². The van der Waals surface area contributed by atoms with Crippen LogP contribution in [0.1, 0.15) is 73.3 Å². The van der Waals surface area contributed by atoms with Crippen molar-refractivity contribution in [3.8, 4) is 10.4 Å². The van der Waals surface area contributed by atoms with Crippen LogP contribution in [0, 0.1) is 0 Å². The van der Waals surface area contributed by atoms with E-state index in [0.717, 1.165) is 51.9 Å². The summed E-state index contributed by atoms with van der Waals surface area (Å²) in [7, 11) is 0. The Bertz CT molecular complexity index is 1720. The number of alkyl halides is 6. The summed E-state index contributed by atoms with van der Waals surface area (Å²) in [5, 5.41) is 3.19. The zero-order valence-corrected chi connectivity index (χ0v) is 34.8. The number of rotatable bonds is 4. The van der Waals surface area contributed by atoms with Crippen LogP contribution in [0.4, 0.5) is 35.9 Å². The molecule has 55 heavy (non-hydrogen) atoms. The molecule has 0 atom stereocenters. The fraction of sp³-hybridized carbons (Fsp3) is 0.656. The van der Waals surface area contributed by atoms with Crippen molar-refractivity contribution in [2.45, 2.75) is 104 Å². The quantitative estimate of drug-likeness (QED) is 0.255. The maximum atomic E-state index is 12.1. The number of amides is 2. The largest absolute Gasteiger partial charge is 0.460 e. The third kappa shape index (κ3) is 15.9. The molecule has 23 heteroatoms. The molecule has 0 saturated carbocycles. The van der Waals surface area contributed by atoms with E-state index in [1.807, 2.05) is 20.8 Å². The number of nitrogens with zero attached hydrogens (tertiary/aromatic N) is 5. The summed E-state index contributed by atoms with van der Waals surface area (Å²) in [5.41, 5.74) is 1.22. The van der Waals surface area contributed by atoms with E-state index in [4.69, 9.17) is 21.1 Å². The molecule has 0 aliphatic carbocycles. The molecule has 3 aromatic heterocycles. The number of halogens is 8. The van der Waals surface area contributed by atoms with Gasteiger partial charge in [-0.3, -0.25) is 0 Å². The van der Waals surface area contributed by atoms with E-state index >= 15 is 0 Å². The Morgan fingerprint density at radius 3 is 1.55 bits per heavy atom. The van der Waals surface area contributed by atoms with Crippen molar-refractivity contribution in [1.82, 2.24) is 30.1 Å². The lowest BCUT2D eigenvalue weighted by molar-refractivity contribution is -0.154. The van der Waals surface area contributed by atoms with Gasteiger partial charge in [-0.05, 0) is 48.0 Å². The van der Waals surface area contributed by atoms with E-state index in [9.17, 15) is 35.9 Å². The lowest BCUT2D eigenvalue weighted by atomic mass is 10.2. The van der Waals surface area contributed by atoms with Crippen LogP contribution in [0.5, 0.6) is 10.4 Å². The van der Waals surface area contributed by atoms with Gasteiger partial charge in [0.1, 0.15) is 11.2 Å². The molecule has 3 aromatic rings. The van der Waals surface area contributed by atoms with Crippen molar-refractivity contribution in [3.05, 3.63) is 36.2 Å². The molecule has 0 radical (unpaired) electrons. The fourth-order valence-corrected chi connectivity index (χ4v) is 7.81. The molecule has 6 heterocycles. The van der Waals surface area contributed by atoms with Crippen LogP contribution in [-0.4, -0.2) is 93.3 Å². The number of hydrogen-bond acceptors (Lipinski definition) is 13. The van der Waals surface area contributed by atoms with Crippen LogP contribution in [0.2, 0.25) is 4.47 Å². The molecule has 0 spiro atoms. The first-order chi connectivity index (χ1) is 24.9. The molecule has 6 rings (SSSR count). The van der Waals surface area contributed by atoms with Crippen LogP contribution >= 0.6 is 58.0 Å². The van der Waals surface area contributed by atoms with Crippen LogP contribution in [0.25, 0.3) is 0 Å². The van der Waals surface area contributed by atoms with Crippen molar-refractivity contribution in [2.75, 3.05) is 32.8 Å². The van der Waals surface area contributed by atoms with Crippen molar-refractivity contribution < 1.29 is 54.9 Å². The molecule has 0 fully saturated rings. The molecule has 0 unspecified atom stereocenters. The SMILES string of the molecule is CC(C)(C)OC(=O)N1CCc2sc(Cl)nc2C1.CC(C)(C)OC(=O)N1CCc2sc(OCC(F)(F)F)nc2C1.Cl.FC(F)(F)COc1nc2c(s1)CCNC2. The number of aromatic nitrogens is 3. The second-order valence-electron chi connectivity index (χ2n) is 14.1. The summed E-state index contributed by atoms with van der Waals surface area (Å²) in [6.07, 6.45) is -7.29. The van der Waals surface area contributed by atoms with Gasteiger partial charge in [0, 0.05) is 53.7 Å². The molecule has 3 aliphatic rings. The average Bonchev–Trinajstić information content (AvgIpc) is 3.75. The number of nitrogens with one attached hydrogen (secondary N) is 1. The lowest BCUT2D eigenvalue weighted by Crippen LogP contribution is -2.39. The zero-order chi connectivity index (χ0) is 40.1. The minimum absolute atomic E-state index is 0. The molecule has 3 aliphatic heterocycles. The number of thiazole rings is 3. The zero-order valence-electron chi connectivity index (χ0n) is 30.7. The molecule has 0 aromatic carbocycles. The number of fused-ring (bicyclic) bond motifs is 3. The van der Waals surface area contributed by atoms with Crippen LogP contribution in [0.15, 0.2) is 0 Å².